The Hall–Kier alpha value is -3.13. The molecule has 0 unspecified atom stereocenters. The van der Waals surface area contributed by atoms with Gasteiger partial charge in [0.1, 0.15) is 5.75 Å². The van der Waals surface area contributed by atoms with Gasteiger partial charge in [0.2, 0.25) is 0 Å². The third-order valence-electron chi connectivity index (χ3n) is 7.91. The number of amides is 1. The zero-order valence-corrected chi connectivity index (χ0v) is 20.1. The second-order valence-corrected chi connectivity index (χ2v) is 10.4. The minimum Gasteiger partial charge on any atom is -0.618 e. The highest BCUT2D eigenvalue weighted by Gasteiger charge is 2.45. The Morgan fingerprint density at radius 3 is 2.69 bits per heavy atom. The van der Waals surface area contributed by atoms with Gasteiger partial charge in [0.15, 0.2) is 5.69 Å². The lowest BCUT2D eigenvalue weighted by molar-refractivity contribution is -0.616. The second-order valence-electron chi connectivity index (χ2n) is 10.4. The number of aliphatic hydroxyl groups is 1. The summed E-state index contributed by atoms with van der Waals surface area (Å²) < 4.78 is 8.58. The van der Waals surface area contributed by atoms with Crippen LogP contribution in [0.1, 0.15) is 86.4 Å². The van der Waals surface area contributed by atoms with E-state index in [0.29, 0.717) is 29.7 Å². The van der Waals surface area contributed by atoms with Crippen LogP contribution in [0.25, 0.3) is 10.9 Å². The number of hydrogen-bond acceptors (Lipinski definition) is 5. The summed E-state index contributed by atoms with van der Waals surface area (Å²) in [5, 5.41) is 32.3. The number of carbonyl (C=O) groups excluding carboxylic acids is 1. The van der Waals surface area contributed by atoms with Crippen molar-refractivity contribution in [2.45, 2.75) is 75.9 Å². The van der Waals surface area contributed by atoms with E-state index < -0.39 is 11.5 Å². The van der Waals surface area contributed by atoms with Crippen molar-refractivity contribution >= 4 is 22.5 Å². The summed E-state index contributed by atoms with van der Waals surface area (Å²) in [6.45, 7) is 2.33. The largest absolute Gasteiger partial charge is 0.618 e. The minimum atomic E-state index is -0.488. The van der Waals surface area contributed by atoms with Crippen LogP contribution in [0.2, 0.25) is 0 Å². The van der Waals surface area contributed by atoms with Gasteiger partial charge in [-0.1, -0.05) is 0 Å². The van der Waals surface area contributed by atoms with Crippen molar-refractivity contribution in [2.75, 3.05) is 11.9 Å². The van der Waals surface area contributed by atoms with Crippen LogP contribution in [0.3, 0.4) is 0 Å². The van der Waals surface area contributed by atoms with E-state index in [4.69, 9.17) is 9.84 Å². The summed E-state index contributed by atoms with van der Waals surface area (Å²) in [5.41, 5.74) is 1.56. The standard InChI is InChI=1S/C27H32N4O4/c1-2-35-25-15-21-18(16-30(29-21)20-10-12-27(33,13-11-20)19-8-9-19)14-22(25)28-26(32)24-5-3-4-23(31(24)34)17-6-7-17/h3-5,14-17,19-20,33H,2,6-13H2,1H3,(H,28,32). The molecule has 3 aliphatic rings. The fourth-order valence-electron chi connectivity index (χ4n) is 5.57. The van der Waals surface area contributed by atoms with Gasteiger partial charge in [-0.15, -0.1) is 0 Å². The third-order valence-corrected chi connectivity index (χ3v) is 7.91. The van der Waals surface area contributed by atoms with Crippen molar-refractivity contribution in [3.8, 4) is 5.75 Å². The van der Waals surface area contributed by atoms with Crippen LogP contribution in [0.15, 0.2) is 36.5 Å². The lowest BCUT2D eigenvalue weighted by atomic mass is 9.79. The lowest BCUT2D eigenvalue weighted by Crippen LogP contribution is -2.40. The molecular weight excluding hydrogens is 444 g/mol. The molecule has 0 aliphatic heterocycles. The molecule has 8 nitrogen and oxygen atoms in total. The topological polar surface area (TPSA) is 103 Å². The van der Waals surface area contributed by atoms with Crippen molar-refractivity contribution < 1.29 is 19.4 Å². The Morgan fingerprint density at radius 1 is 1.23 bits per heavy atom. The van der Waals surface area contributed by atoms with Crippen molar-refractivity contribution in [1.82, 2.24) is 9.78 Å². The number of anilines is 1. The number of aromatic nitrogens is 3. The number of nitrogens with one attached hydrogen (secondary N) is 1. The van der Waals surface area contributed by atoms with Gasteiger partial charge in [0.25, 0.3) is 5.69 Å². The van der Waals surface area contributed by atoms with Gasteiger partial charge in [-0.25, -0.2) is 0 Å². The maximum atomic E-state index is 13.1. The molecule has 3 aliphatic carbocycles. The van der Waals surface area contributed by atoms with Crippen LogP contribution < -0.4 is 14.8 Å². The van der Waals surface area contributed by atoms with Crippen LogP contribution in [0.5, 0.6) is 5.75 Å². The number of pyridine rings is 1. The maximum absolute atomic E-state index is 13.1. The van der Waals surface area contributed by atoms with Gasteiger partial charge >= 0.3 is 5.91 Å². The van der Waals surface area contributed by atoms with Crippen LogP contribution in [-0.4, -0.2) is 33.0 Å². The van der Waals surface area contributed by atoms with Crippen LogP contribution in [0.4, 0.5) is 5.69 Å². The fraction of sp³-hybridized carbons (Fsp3) is 0.519. The molecule has 0 radical (unpaired) electrons. The van der Waals surface area contributed by atoms with Crippen molar-refractivity contribution in [3.63, 3.8) is 0 Å². The van der Waals surface area contributed by atoms with E-state index in [0.717, 1.165) is 67.0 Å². The average Bonchev–Trinajstić information content (AvgIpc) is 3.77. The molecule has 0 atom stereocenters. The molecule has 3 aromatic rings. The van der Waals surface area contributed by atoms with Gasteiger partial charge in [-0.3, -0.25) is 9.48 Å². The van der Waals surface area contributed by atoms with E-state index in [1.165, 1.54) is 0 Å². The highest BCUT2D eigenvalue weighted by molar-refractivity contribution is 6.04. The first-order valence-corrected chi connectivity index (χ1v) is 12.9. The van der Waals surface area contributed by atoms with Gasteiger partial charge in [0.05, 0.1) is 29.5 Å². The number of fused-ring (bicyclic) bond motifs is 1. The molecule has 184 valence electrons. The van der Waals surface area contributed by atoms with Crippen molar-refractivity contribution in [2.24, 2.45) is 5.92 Å². The second kappa shape index (κ2) is 8.52. The van der Waals surface area contributed by atoms with Gasteiger partial charge in [-0.05, 0) is 76.3 Å². The Labute approximate surface area is 204 Å². The Balaban J connectivity index is 1.25. The van der Waals surface area contributed by atoms with Gasteiger partial charge < -0.3 is 20.4 Å². The van der Waals surface area contributed by atoms with E-state index in [1.54, 1.807) is 18.2 Å². The fourth-order valence-corrected chi connectivity index (χ4v) is 5.57. The molecule has 3 saturated carbocycles. The molecule has 6 rings (SSSR count). The molecule has 0 spiro atoms. The number of benzene rings is 1. The normalized spacial score (nSPS) is 24.5. The van der Waals surface area contributed by atoms with Crippen LogP contribution in [0, 0.1) is 11.1 Å². The smallest absolute Gasteiger partial charge is 0.321 e. The number of rotatable bonds is 7. The van der Waals surface area contributed by atoms with E-state index in [-0.39, 0.29) is 17.7 Å². The van der Waals surface area contributed by atoms with Crippen LogP contribution >= 0.6 is 0 Å². The predicted molar refractivity (Wildman–Crippen MR) is 131 cm³/mol. The summed E-state index contributed by atoms with van der Waals surface area (Å²) in [7, 11) is 0. The Bertz CT molecular complexity index is 1270. The van der Waals surface area contributed by atoms with Crippen molar-refractivity contribution in [1.29, 1.82) is 0 Å². The number of hydrogen-bond donors (Lipinski definition) is 2. The first-order chi connectivity index (χ1) is 16.9. The molecule has 1 amide bonds. The van der Waals surface area contributed by atoms with E-state index in [1.807, 2.05) is 29.9 Å². The first-order valence-electron chi connectivity index (χ1n) is 12.9. The zero-order chi connectivity index (χ0) is 24.2. The zero-order valence-electron chi connectivity index (χ0n) is 20.1. The SMILES string of the molecule is CCOc1cc2nn(C3CCC(O)(C4CC4)CC3)cc2cc1NC(=O)c1cccc(C2CC2)[n+]1[O-]. The molecule has 8 heteroatoms. The summed E-state index contributed by atoms with van der Waals surface area (Å²) in [5.74, 6) is 0.808. The van der Waals surface area contributed by atoms with E-state index in [9.17, 15) is 15.1 Å². The van der Waals surface area contributed by atoms with Gasteiger partial charge in [-0.2, -0.15) is 9.83 Å². The highest BCUT2D eigenvalue weighted by atomic mass is 16.5. The molecular formula is C27H32N4O4. The Kier molecular flexibility index (Phi) is 5.44. The molecule has 0 saturated heterocycles. The summed E-state index contributed by atoms with van der Waals surface area (Å²) in [6, 6.07) is 9.08. The Morgan fingerprint density at radius 2 is 2.00 bits per heavy atom. The summed E-state index contributed by atoms with van der Waals surface area (Å²) in [4.78, 5) is 13.1. The molecule has 2 aromatic heterocycles. The van der Waals surface area contributed by atoms with E-state index in [2.05, 4.69) is 5.32 Å². The summed E-state index contributed by atoms with van der Waals surface area (Å²) in [6.07, 6.45) is 9.74. The van der Waals surface area contributed by atoms with E-state index >= 15 is 0 Å². The molecule has 3 fully saturated rings. The molecule has 2 heterocycles. The number of nitrogens with zero attached hydrogens (tertiary/aromatic N) is 3. The minimum absolute atomic E-state index is 0.0815. The van der Waals surface area contributed by atoms with Gasteiger partial charge in [0, 0.05) is 35.7 Å². The quantitative estimate of drug-likeness (QED) is 0.387. The predicted octanol–water partition coefficient (Wildman–Crippen LogP) is 4.45. The summed E-state index contributed by atoms with van der Waals surface area (Å²) >= 11 is 0. The first kappa shape index (κ1) is 22.3. The van der Waals surface area contributed by atoms with Crippen molar-refractivity contribution in [3.05, 3.63) is 53.1 Å². The maximum Gasteiger partial charge on any atom is 0.321 e. The average molecular weight is 477 g/mol. The molecule has 35 heavy (non-hydrogen) atoms. The molecule has 2 N–H and O–H groups in total. The highest BCUT2D eigenvalue weighted by Crippen LogP contribution is 2.49. The lowest BCUT2D eigenvalue weighted by Gasteiger charge is -2.36. The number of ether oxygens (including phenoxy) is 1. The van der Waals surface area contributed by atoms with Crippen LogP contribution in [-0.2, 0) is 0 Å². The molecule has 0 bridgehead atoms. The number of carbonyl (C=O) groups is 1. The monoisotopic (exact) mass is 476 g/mol. The third kappa shape index (κ3) is 4.24. The molecule has 1 aromatic carbocycles.